The molecule has 3 nitrogen and oxygen atoms in total. The smallest absolute Gasteiger partial charge is 0.0502 e. The number of rotatable bonds is 4. The summed E-state index contributed by atoms with van der Waals surface area (Å²) in [5, 5.41) is 3.60. The third kappa shape index (κ3) is 4.43. The molecule has 0 radical (unpaired) electrons. The number of hydrogen-bond donors (Lipinski definition) is 1. The molecule has 1 saturated heterocycles. The van der Waals surface area contributed by atoms with Gasteiger partial charge in [-0.25, -0.2) is 0 Å². The van der Waals surface area contributed by atoms with Crippen LogP contribution in [0.15, 0.2) is 0 Å². The van der Waals surface area contributed by atoms with Crippen LogP contribution in [0.2, 0.25) is 0 Å². The maximum absolute atomic E-state index is 5.40. The summed E-state index contributed by atoms with van der Waals surface area (Å²) in [6.45, 7) is 10.7. The predicted octanol–water partition coefficient (Wildman–Crippen LogP) is 3.15. The Morgan fingerprint density at radius 3 is 2.57 bits per heavy atom. The van der Waals surface area contributed by atoms with E-state index in [9.17, 15) is 0 Å². The normalized spacial score (nSPS) is 35.9. The van der Waals surface area contributed by atoms with Crippen molar-refractivity contribution in [1.82, 2.24) is 10.2 Å². The maximum atomic E-state index is 5.40. The molecule has 4 unspecified atom stereocenters. The highest BCUT2D eigenvalue weighted by Crippen LogP contribution is 2.40. The summed E-state index contributed by atoms with van der Waals surface area (Å²) in [6, 6.07) is 1.39. The lowest BCUT2D eigenvalue weighted by molar-refractivity contribution is 0.0185. The van der Waals surface area contributed by atoms with Gasteiger partial charge in [-0.15, -0.1) is 0 Å². The molecule has 0 aromatic heterocycles. The van der Waals surface area contributed by atoms with Crippen LogP contribution in [-0.4, -0.2) is 50.8 Å². The van der Waals surface area contributed by atoms with Gasteiger partial charge in [-0.1, -0.05) is 20.8 Å². The highest BCUT2D eigenvalue weighted by molar-refractivity contribution is 4.95. The maximum Gasteiger partial charge on any atom is 0.0502 e. The van der Waals surface area contributed by atoms with Crippen molar-refractivity contribution in [1.29, 1.82) is 0 Å². The highest BCUT2D eigenvalue weighted by atomic mass is 16.5. The molecule has 2 rings (SSSR count). The molecule has 1 saturated carbocycles. The molecule has 1 N–H and O–H groups in total. The average Bonchev–Trinajstić information content (AvgIpc) is 2.46. The largest absolute Gasteiger partial charge is 0.384 e. The summed E-state index contributed by atoms with van der Waals surface area (Å²) in [7, 11) is 3.98. The van der Waals surface area contributed by atoms with E-state index in [1.165, 1.54) is 45.2 Å². The van der Waals surface area contributed by atoms with Crippen LogP contribution in [0.3, 0.4) is 0 Å². The monoisotopic (exact) mass is 296 g/mol. The van der Waals surface area contributed by atoms with Crippen molar-refractivity contribution >= 4 is 0 Å². The molecule has 0 spiro atoms. The Hall–Kier alpha value is -0.120. The van der Waals surface area contributed by atoms with Crippen LogP contribution in [-0.2, 0) is 4.74 Å². The van der Waals surface area contributed by atoms with Gasteiger partial charge in [0.15, 0.2) is 0 Å². The van der Waals surface area contributed by atoms with Crippen molar-refractivity contribution in [2.75, 3.05) is 33.9 Å². The van der Waals surface area contributed by atoms with Gasteiger partial charge >= 0.3 is 0 Å². The van der Waals surface area contributed by atoms with E-state index in [1.54, 1.807) is 0 Å². The van der Waals surface area contributed by atoms with Gasteiger partial charge in [0.1, 0.15) is 0 Å². The van der Waals surface area contributed by atoms with Gasteiger partial charge in [-0.3, -0.25) is 4.90 Å². The van der Waals surface area contributed by atoms with Crippen LogP contribution in [0.1, 0.15) is 52.9 Å². The lowest BCUT2D eigenvalue weighted by Crippen LogP contribution is -2.56. The summed E-state index contributed by atoms with van der Waals surface area (Å²) in [4.78, 5) is 2.77. The number of nitrogens with one attached hydrogen (secondary N) is 1. The molecule has 2 aliphatic rings. The Balaban J connectivity index is 2.02. The lowest BCUT2D eigenvalue weighted by atomic mass is 9.69. The zero-order valence-corrected chi connectivity index (χ0v) is 14.8. The summed E-state index contributed by atoms with van der Waals surface area (Å²) in [5.41, 5.74) is 0.443. The molecule has 4 atom stereocenters. The first-order chi connectivity index (χ1) is 9.95. The molecular weight excluding hydrogens is 260 g/mol. The number of piperidine rings is 1. The third-order valence-corrected chi connectivity index (χ3v) is 5.83. The number of likely N-dealkylation sites (N-methyl/N-ethyl adjacent to an activating group) is 1. The van der Waals surface area contributed by atoms with Crippen LogP contribution in [0, 0.1) is 17.3 Å². The van der Waals surface area contributed by atoms with Crippen molar-refractivity contribution in [3.05, 3.63) is 0 Å². The Kier molecular flexibility index (Phi) is 6.10. The zero-order chi connectivity index (χ0) is 15.5. The fourth-order valence-electron chi connectivity index (χ4n) is 4.44. The van der Waals surface area contributed by atoms with E-state index in [0.717, 1.165) is 18.4 Å². The molecule has 1 aliphatic carbocycles. The van der Waals surface area contributed by atoms with E-state index in [2.05, 4.69) is 38.0 Å². The molecule has 0 aromatic rings. The molecule has 21 heavy (non-hydrogen) atoms. The number of ether oxygens (including phenoxy) is 1. The fraction of sp³-hybridized carbons (Fsp3) is 1.00. The number of likely N-dealkylation sites (tertiary alicyclic amines) is 1. The predicted molar refractivity (Wildman–Crippen MR) is 89.6 cm³/mol. The minimum absolute atomic E-state index is 0.443. The summed E-state index contributed by atoms with van der Waals surface area (Å²) >= 11 is 0. The zero-order valence-electron chi connectivity index (χ0n) is 14.8. The van der Waals surface area contributed by atoms with Crippen LogP contribution >= 0.6 is 0 Å². The average molecular weight is 296 g/mol. The minimum Gasteiger partial charge on any atom is -0.384 e. The van der Waals surface area contributed by atoms with E-state index >= 15 is 0 Å². The number of nitrogens with zero attached hydrogens (tertiary/aromatic N) is 1. The van der Waals surface area contributed by atoms with Gasteiger partial charge in [-0.05, 0) is 62.9 Å². The molecule has 3 heteroatoms. The molecule has 124 valence electrons. The lowest BCUT2D eigenvalue weighted by Gasteiger charge is -2.48. The SMILES string of the molecule is CNC1CCC(C(C)(C)C)CC1N1CCCC(COC)C1. The van der Waals surface area contributed by atoms with Crippen molar-refractivity contribution in [3.8, 4) is 0 Å². The Morgan fingerprint density at radius 1 is 1.19 bits per heavy atom. The second-order valence-electron chi connectivity index (χ2n) is 8.30. The van der Waals surface area contributed by atoms with Gasteiger partial charge in [0.25, 0.3) is 0 Å². The summed E-state index contributed by atoms with van der Waals surface area (Å²) in [6.07, 6.45) is 6.73. The van der Waals surface area contributed by atoms with Crippen LogP contribution in [0.4, 0.5) is 0 Å². The second kappa shape index (κ2) is 7.43. The fourth-order valence-corrected chi connectivity index (χ4v) is 4.44. The van der Waals surface area contributed by atoms with Crippen LogP contribution in [0.25, 0.3) is 0 Å². The molecule has 0 amide bonds. The van der Waals surface area contributed by atoms with Crippen molar-refractivity contribution in [3.63, 3.8) is 0 Å². The Bertz CT molecular complexity index is 311. The Morgan fingerprint density at radius 2 is 1.95 bits per heavy atom. The van der Waals surface area contributed by atoms with Crippen molar-refractivity contribution in [2.24, 2.45) is 17.3 Å². The van der Waals surface area contributed by atoms with Crippen molar-refractivity contribution < 1.29 is 4.74 Å². The van der Waals surface area contributed by atoms with Crippen LogP contribution < -0.4 is 5.32 Å². The number of methoxy groups -OCH3 is 1. The molecule has 1 aliphatic heterocycles. The summed E-state index contributed by atoms with van der Waals surface area (Å²) in [5.74, 6) is 1.59. The molecule has 1 heterocycles. The second-order valence-corrected chi connectivity index (χ2v) is 8.30. The highest BCUT2D eigenvalue weighted by Gasteiger charge is 2.39. The van der Waals surface area contributed by atoms with E-state index in [4.69, 9.17) is 4.74 Å². The van der Waals surface area contributed by atoms with E-state index in [-0.39, 0.29) is 0 Å². The van der Waals surface area contributed by atoms with Gasteiger partial charge in [0, 0.05) is 25.7 Å². The number of hydrogen-bond acceptors (Lipinski definition) is 3. The van der Waals surface area contributed by atoms with E-state index in [1.807, 2.05) is 7.11 Å². The summed E-state index contributed by atoms with van der Waals surface area (Å²) < 4.78 is 5.40. The van der Waals surface area contributed by atoms with Gasteiger partial charge in [0.05, 0.1) is 6.61 Å². The van der Waals surface area contributed by atoms with Crippen molar-refractivity contribution in [2.45, 2.75) is 65.0 Å². The first kappa shape index (κ1) is 17.2. The molecule has 0 aromatic carbocycles. The van der Waals surface area contributed by atoms with Gasteiger partial charge < -0.3 is 10.1 Å². The topological polar surface area (TPSA) is 24.5 Å². The molecule has 0 bridgehead atoms. The van der Waals surface area contributed by atoms with E-state index < -0.39 is 0 Å². The quantitative estimate of drug-likeness (QED) is 0.862. The first-order valence-corrected chi connectivity index (χ1v) is 8.86. The van der Waals surface area contributed by atoms with Gasteiger partial charge in [0.2, 0.25) is 0 Å². The standard InChI is InChI=1S/C18H36N2O/c1-18(2,3)15-8-9-16(19-4)17(11-15)20-10-6-7-14(12-20)13-21-5/h14-17,19H,6-13H2,1-5H3. The molecular formula is C18H36N2O. The minimum atomic E-state index is 0.443. The molecule has 2 fully saturated rings. The van der Waals surface area contributed by atoms with E-state index in [0.29, 0.717) is 17.5 Å². The first-order valence-electron chi connectivity index (χ1n) is 8.86. The Labute approximate surface area is 131 Å². The van der Waals surface area contributed by atoms with Crippen LogP contribution in [0.5, 0.6) is 0 Å². The van der Waals surface area contributed by atoms with Gasteiger partial charge in [-0.2, -0.15) is 0 Å². The third-order valence-electron chi connectivity index (χ3n) is 5.83.